The summed E-state index contributed by atoms with van der Waals surface area (Å²) >= 11 is 18.4. The third kappa shape index (κ3) is 3.75. The van der Waals surface area contributed by atoms with Crippen molar-refractivity contribution in [3.05, 3.63) is 73.6 Å². The highest BCUT2D eigenvalue weighted by atomic mass is 35.5. The molecule has 4 nitrogen and oxygen atoms in total. The lowest BCUT2D eigenvalue weighted by Crippen LogP contribution is -2.34. The van der Waals surface area contributed by atoms with E-state index in [1.165, 1.54) is 36.4 Å². The van der Waals surface area contributed by atoms with Crippen LogP contribution in [0.2, 0.25) is 15.1 Å². The van der Waals surface area contributed by atoms with Gasteiger partial charge in [-0.25, -0.2) is 4.90 Å². The first kappa shape index (κ1) is 18.0. The number of imide groups is 3. The van der Waals surface area contributed by atoms with Gasteiger partial charge in [0.2, 0.25) is 0 Å². The molecule has 0 bridgehead atoms. The lowest BCUT2D eigenvalue weighted by atomic mass is 10.2. The minimum absolute atomic E-state index is 0.108. The Kier molecular flexibility index (Phi) is 5.20. The SMILES string of the molecule is O=C1S/C(=C/c2ccc(Cl)cc2Cl)C(=O)N1C(=O)c1ccc(Cl)cc1. The second-order valence-corrected chi connectivity index (χ2v) is 7.27. The van der Waals surface area contributed by atoms with Gasteiger partial charge in [-0.15, -0.1) is 0 Å². The summed E-state index contributed by atoms with van der Waals surface area (Å²) in [6.45, 7) is 0. The molecule has 1 heterocycles. The number of carbonyl (C=O) groups is 3. The Labute approximate surface area is 162 Å². The van der Waals surface area contributed by atoms with E-state index >= 15 is 0 Å². The lowest BCUT2D eigenvalue weighted by molar-refractivity contribution is -0.120. The Hall–Kier alpha value is -1.79. The number of amides is 3. The maximum Gasteiger partial charge on any atom is 0.300 e. The molecule has 0 atom stereocenters. The van der Waals surface area contributed by atoms with Gasteiger partial charge >= 0.3 is 5.24 Å². The summed E-state index contributed by atoms with van der Waals surface area (Å²) in [6.07, 6.45) is 1.46. The molecule has 3 amide bonds. The molecule has 0 radical (unpaired) electrons. The van der Waals surface area contributed by atoms with Crippen LogP contribution >= 0.6 is 46.6 Å². The number of carbonyl (C=O) groups excluding carboxylic acids is 3. The van der Waals surface area contributed by atoms with Gasteiger partial charge in [-0.3, -0.25) is 14.4 Å². The third-order valence-electron chi connectivity index (χ3n) is 3.34. The van der Waals surface area contributed by atoms with Gasteiger partial charge in [-0.05, 0) is 59.8 Å². The van der Waals surface area contributed by atoms with E-state index in [-0.39, 0.29) is 10.5 Å². The largest absolute Gasteiger partial charge is 0.300 e. The van der Waals surface area contributed by atoms with E-state index in [0.717, 1.165) is 0 Å². The zero-order chi connectivity index (χ0) is 18.1. The molecule has 2 aromatic rings. The number of hydrogen-bond acceptors (Lipinski definition) is 4. The van der Waals surface area contributed by atoms with Crippen molar-refractivity contribution in [2.45, 2.75) is 0 Å². The van der Waals surface area contributed by atoms with Crippen LogP contribution < -0.4 is 0 Å². The summed E-state index contributed by atoms with van der Waals surface area (Å²) in [5.74, 6) is -1.40. The standard InChI is InChI=1S/C17H8Cl3NO3S/c18-11-4-1-9(2-5-11)15(22)21-16(23)14(25-17(21)24)7-10-3-6-12(19)8-13(10)20/h1-8H/b14-7+. The van der Waals surface area contributed by atoms with Crippen LogP contribution in [0, 0.1) is 0 Å². The maximum atomic E-state index is 12.5. The van der Waals surface area contributed by atoms with E-state index in [1.807, 2.05) is 0 Å². The van der Waals surface area contributed by atoms with Crippen LogP contribution in [0.3, 0.4) is 0 Å². The molecule has 1 aliphatic rings. The molecular weight excluding hydrogens is 405 g/mol. The van der Waals surface area contributed by atoms with Crippen LogP contribution in [0.1, 0.15) is 15.9 Å². The molecule has 25 heavy (non-hydrogen) atoms. The molecule has 0 aliphatic carbocycles. The normalized spacial score (nSPS) is 16.0. The van der Waals surface area contributed by atoms with Crippen molar-refractivity contribution in [1.82, 2.24) is 4.90 Å². The number of halogens is 3. The molecule has 1 fully saturated rings. The minimum atomic E-state index is -0.704. The zero-order valence-electron chi connectivity index (χ0n) is 12.3. The highest BCUT2D eigenvalue weighted by molar-refractivity contribution is 8.18. The zero-order valence-corrected chi connectivity index (χ0v) is 15.4. The Morgan fingerprint density at radius 3 is 2.24 bits per heavy atom. The Morgan fingerprint density at radius 2 is 1.60 bits per heavy atom. The van der Waals surface area contributed by atoms with Crippen molar-refractivity contribution in [3.8, 4) is 0 Å². The molecule has 0 saturated carbocycles. The van der Waals surface area contributed by atoms with Crippen molar-refractivity contribution in [2.24, 2.45) is 0 Å². The fraction of sp³-hybridized carbons (Fsp3) is 0. The number of benzene rings is 2. The minimum Gasteiger partial charge on any atom is -0.268 e. The second kappa shape index (κ2) is 7.22. The van der Waals surface area contributed by atoms with Gasteiger partial charge < -0.3 is 0 Å². The fourth-order valence-electron chi connectivity index (χ4n) is 2.12. The Balaban J connectivity index is 1.90. The highest BCUT2D eigenvalue weighted by Crippen LogP contribution is 2.35. The molecule has 2 aromatic carbocycles. The predicted molar refractivity (Wildman–Crippen MR) is 100 cm³/mol. The molecule has 0 spiro atoms. The fourth-order valence-corrected chi connectivity index (χ4v) is 3.52. The molecular formula is C17H8Cl3NO3S. The van der Waals surface area contributed by atoms with Crippen LogP contribution in [0.15, 0.2) is 47.4 Å². The van der Waals surface area contributed by atoms with Gasteiger partial charge in [0, 0.05) is 20.6 Å². The highest BCUT2D eigenvalue weighted by Gasteiger charge is 2.40. The van der Waals surface area contributed by atoms with Gasteiger partial charge in [0.05, 0.1) is 4.91 Å². The number of rotatable bonds is 2. The summed E-state index contributed by atoms with van der Waals surface area (Å²) in [5.41, 5.74) is 0.716. The van der Waals surface area contributed by atoms with Crippen LogP contribution in [-0.2, 0) is 4.79 Å². The summed E-state index contributed by atoms with van der Waals surface area (Å²) in [4.78, 5) is 37.8. The van der Waals surface area contributed by atoms with E-state index in [2.05, 4.69) is 0 Å². The Morgan fingerprint density at radius 1 is 0.960 bits per heavy atom. The molecule has 0 N–H and O–H groups in total. The molecule has 126 valence electrons. The van der Waals surface area contributed by atoms with Crippen LogP contribution in [0.25, 0.3) is 6.08 Å². The topological polar surface area (TPSA) is 54.5 Å². The summed E-state index contributed by atoms with van der Waals surface area (Å²) < 4.78 is 0. The number of thioether (sulfide) groups is 1. The third-order valence-corrected chi connectivity index (χ3v) is 5.02. The molecule has 1 saturated heterocycles. The van der Waals surface area contributed by atoms with E-state index in [1.54, 1.807) is 12.1 Å². The number of hydrogen-bond donors (Lipinski definition) is 0. The van der Waals surface area contributed by atoms with Crippen LogP contribution in [-0.4, -0.2) is 22.0 Å². The molecule has 3 rings (SSSR count). The average Bonchev–Trinajstić information content (AvgIpc) is 2.84. The van der Waals surface area contributed by atoms with E-state index in [4.69, 9.17) is 34.8 Å². The average molecular weight is 413 g/mol. The molecule has 0 aromatic heterocycles. The van der Waals surface area contributed by atoms with Gasteiger partial charge in [0.1, 0.15) is 0 Å². The first-order valence-electron chi connectivity index (χ1n) is 6.90. The van der Waals surface area contributed by atoms with Gasteiger partial charge in [-0.1, -0.05) is 40.9 Å². The van der Waals surface area contributed by atoms with Crippen molar-refractivity contribution in [1.29, 1.82) is 0 Å². The van der Waals surface area contributed by atoms with Crippen molar-refractivity contribution < 1.29 is 14.4 Å². The van der Waals surface area contributed by atoms with Gasteiger partial charge in [-0.2, -0.15) is 0 Å². The van der Waals surface area contributed by atoms with Crippen molar-refractivity contribution in [2.75, 3.05) is 0 Å². The van der Waals surface area contributed by atoms with Crippen molar-refractivity contribution in [3.63, 3.8) is 0 Å². The molecule has 0 unspecified atom stereocenters. The van der Waals surface area contributed by atoms with Crippen molar-refractivity contribution >= 4 is 69.7 Å². The summed E-state index contributed by atoms with van der Waals surface area (Å²) in [6, 6.07) is 10.7. The smallest absolute Gasteiger partial charge is 0.268 e. The molecule has 8 heteroatoms. The second-order valence-electron chi connectivity index (χ2n) is 5.00. The monoisotopic (exact) mass is 411 g/mol. The summed E-state index contributed by atoms with van der Waals surface area (Å²) in [7, 11) is 0. The molecule has 1 aliphatic heterocycles. The van der Waals surface area contributed by atoms with E-state index in [0.29, 0.717) is 37.3 Å². The number of nitrogens with zero attached hydrogens (tertiary/aromatic N) is 1. The predicted octanol–water partition coefficient (Wildman–Crippen LogP) is 5.52. The van der Waals surface area contributed by atoms with E-state index in [9.17, 15) is 14.4 Å². The first-order valence-corrected chi connectivity index (χ1v) is 8.85. The van der Waals surface area contributed by atoms with E-state index < -0.39 is 17.1 Å². The lowest BCUT2D eigenvalue weighted by Gasteiger charge is -2.10. The quantitative estimate of drug-likeness (QED) is 0.481. The maximum absolute atomic E-state index is 12.5. The summed E-state index contributed by atoms with van der Waals surface area (Å²) in [5, 5.41) is 0.570. The van der Waals surface area contributed by atoms with Gasteiger partial charge in [0.25, 0.3) is 11.8 Å². The first-order chi connectivity index (χ1) is 11.9. The Bertz CT molecular complexity index is 925. The van der Waals surface area contributed by atoms with Crippen LogP contribution in [0.4, 0.5) is 4.79 Å². The van der Waals surface area contributed by atoms with Crippen LogP contribution in [0.5, 0.6) is 0 Å². The van der Waals surface area contributed by atoms with Gasteiger partial charge in [0.15, 0.2) is 0 Å².